The molecule has 2 aromatic carbocycles. The van der Waals surface area contributed by atoms with Crippen molar-refractivity contribution in [3.05, 3.63) is 59.7 Å². The maximum absolute atomic E-state index is 16.0. The first kappa shape index (κ1) is 26.8. The van der Waals surface area contributed by atoms with Gasteiger partial charge in [-0.2, -0.15) is 0 Å². The minimum Gasteiger partial charge on any atom is -0.497 e. The Morgan fingerprint density at radius 2 is 1.97 bits per heavy atom. The highest BCUT2D eigenvalue weighted by Gasteiger charge is 2.67. The maximum Gasteiger partial charge on any atom is 0.264 e. The van der Waals surface area contributed by atoms with Gasteiger partial charge in [-0.3, -0.25) is 9.59 Å². The number of rotatable bonds is 7. The number of ether oxygens (including phenoxy) is 2. The molecule has 0 bridgehead atoms. The fourth-order valence-corrected chi connectivity index (χ4v) is 9.41. The first-order valence-electron chi connectivity index (χ1n) is 13.4. The van der Waals surface area contributed by atoms with Gasteiger partial charge in [0.05, 0.1) is 44.5 Å². The number of anilines is 1. The van der Waals surface area contributed by atoms with Crippen LogP contribution in [0.4, 0.5) is 9.80 Å². The van der Waals surface area contributed by atoms with Gasteiger partial charge in [0.1, 0.15) is 5.75 Å². The van der Waals surface area contributed by atoms with E-state index in [9.17, 15) is 14.7 Å². The number of aliphatic hydroxyl groups excluding tert-OH is 1. The van der Waals surface area contributed by atoms with E-state index in [-0.39, 0.29) is 30.9 Å². The highest BCUT2D eigenvalue weighted by Crippen LogP contribution is 2.60. The smallest absolute Gasteiger partial charge is 0.264 e. The second-order valence-electron chi connectivity index (χ2n) is 11.3. The summed E-state index contributed by atoms with van der Waals surface area (Å²) in [5.74, 6) is -0.288. The predicted molar refractivity (Wildman–Crippen MR) is 145 cm³/mol. The fourth-order valence-electron chi connectivity index (χ4n) is 6.92. The van der Waals surface area contributed by atoms with E-state index in [4.69, 9.17) is 9.47 Å². The third kappa shape index (κ3) is 4.34. The van der Waals surface area contributed by atoms with Crippen molar-refractivity contribution in [3.8, 4) is 5.75 Å². The quantitative estimate of drug-likeness (QED) is 0.416. The molecule has 2 saturated heterocycles. The summed E-state index contributed by atoms with van der Waals surface area (Å²) in [6.45, 7) is 5.99. The summed E-state index contributed by atoms with van der Waals surface area (Å²) in [6, 6.07) is 15.0. The zero-order chi connectivity index (χ0) is 27.2. The molecule has 2 aromatic rings. The van der Waals surface area contributed by atoms with Gasteiger partial charge in [-0.1, -0.05) is 37.3 Å². The number of fused-ring (bicyclic) bond motifs is 2. The number of hydrogen-bond acceptors (Lipinski definition) is 5. The van der Waals surface area contributed by atoms with Crippen LogP contribution in [0.3, 0.4) is 0 Å². The fraction of sp³-hybridized carbons (Fsp3) is 0.517. The van der Waals surface area contributed by atoms with Crippen molar-refractivity contribution in [1.29, 1.82) is 0 Å². The first-order valence-corrected chi connectivity index (χ1v) is 16.4. The van der Waals surface area contributed by atoms with Crippen LogP contribution in [-0.2, 0) is 26.5 Å². The summed E-state index contributed by atoms with van der Waals surface area (Å²) in [5.41, 5.74) is 0.374. The molecule has 2 fully saturated rings. The van der Waals surface area contributed by atoms with Gasteiger partial charge in [0.15, 0.2) is 5.60 Å². The van der Waals surface area contributed by atoms with E-state index in [1.807, 2.05) is 55.5 Å². The second kappa shape index (κ2) is 10.1. The number of nitrogens with zero attached hydrogens (tertiary/aromatic N) is 2. The molecule has 0 unspecified atom stereocenters. The van der Waals surface area contributed by atoms with Crippen LogP contribution in [0, 0.1) is 5.92 Å². The van der Waals surface area contributed by atoms with E-state index in [1.54, 1.807) is 30.0 Å². The average Bonchev–Trinajstić information content (AvgIpc) is 3.55. The molecule has 9 heteroatoms. The Balaban J connectivity index is 1.55. The van der Waals surface area contributed by atoms with E-state index >= 15 is 4.11 Å². The monoisotopic (exact) mass is 540 g/mol. The number of amides is 2. The van der Waals surface area contributed by atoms with Gasteiger partial charge in [0.25, 0.3) is 5.91 Å². The molecule has 0 radical (unpaired) electrons. The Bertz CT molecular complexity index is 1210. The summed E-state index contributed by atoms with van der Waals surface area (Å²) in [7, 11) is -1.82. The van der Waals surface area contributed by atoms with E-state index in [0.717, 1.165) is 24.1 Å². The number of aliphatic hydroxyl groups is 1. The molecule has 38 heavy (non-hydrogen) atoms. The Labute approximate surface area is 224 Å². The van der Waals surface area contributed by atoms with Gasteiger partial charge in [-0.25, -0.2) is 0 Å². The summed E-state index contributed by atoms with van der Waals surface area (Å²) in [5, 5.41) is 9.74. The molecule has 5 atom stereocenters. The molecule has 7 nitrogen and oxygen atoms in total. The highest BCUT2D eigenvalue weighted by molar-refractivity contribution is 6.72. The Kier molecular flexibility index (Phi) is 7.13. The number of carbonyl (C=O) groups is 2. The van der Waals surface area contributed by atoms with Gasteiger partial charge in [-0.15, -0.1) is 0 Å². The van der Waals surface area contributed by atoms with Crippen LogP contribution in [0.1, 0.15) is 37.3 Å². The zero-order valence-corrected chi connectivity index (χ0v) is 23.5. The number of carbonyl (C=O) groups excluding carboxylic acids is 2. The zero-order valence-electron chi connectivity index (χ0n) is 22.5. The molecule has 1 spiro atoms. The van der Waals surface area contributed by atoms with Crippen molar-refractivity contribution in [2.45, 2.75) is 69.1 Å². The van der Waals surface area contributed by atoms with E-state index in [1.165, 1.54) is 0 Å². The van der Waals surface area contributed by atoms with Crippen LogP contribution in [0.25, 0.3) is 0 Å². The molecule has 1 N–H and O–H groups in total. The molecule has 3 aliphatic rings. The molecule has 3 aliphatic heterocycles. The number of benzene rings is 2. The van der Waals surface area contributed by atoms with Gasteiger partial charge >= 0.3 is 0 Å². The van der Waals surface area contributed by atoms with Crippen LogP contribution in [0.2, 0.25) is 18.6 Å². The Morgan fingerprint density at radius 1 is 1.24 bits per heavy atom. The molecule has 5 rings (SSSR count). The van der Waals surface area contributed by atoms with Crippen molar-refractivity contribution in [2.24, 2.45) is 5.92 Å². The normalized spacial score (nSPS) is 28.8. The van der Waals surface area contributed by atoms with Gasteiger partial charge in [0.2, 0.25) is 14.3 Å². The molecule has 3 heterocycles. The van der Waals surface area contributed by atoms with Crippen molar-refractivity contribution >= 4 is 25.9 Å². The molecule has 0 aromatic heterocycles. The predicted octanol–water partition coefficient (Wildman–Crippen LogP) is 4.39. The third-order valence-electron chi connectivity index (χ3n) is 8.64. The Morgan fingerprint density at radius 3 is 2.63 bits per heavy atom. The van der Waals surface area contributed by atoms with Crippen LogP contribution in [-0.4, -0.2) is 62.6 Å². The van der Waals surface area contributed by atoms with Gasteiger partial charge in [0, 0.05) is 23.6 Å². The number of halogens is 1. The van der Waals surface area contributed by atoms with Crippen molar-refractivity contribution in [2.75, 3.05) is 25.2 Å². The minimum absolute atomic E-state index is 0.0150. The molecule has 0 aliphatic carbocycles. The number of hydrogen-bond donors (Lipinski definition) is 1. The van der Waals surface area contributed by atoms with Crippen LogP contribution in [0.15, 0.2) is 48.5 Å². The van der Waals surface area contributed by atoms with Crippen molar-refractivity contribution in [1.82, 2.24) is 4.90 Å². The topological polar surface area (TPSA) is 79.3 Å². The summed E-state index contributed by atoms with van der Waals surface area (Å²) < 4.78 is 28.3. The summed E-state index contributed by atoms with van der Waals surface area (Å²) in [6.07, 6.45) is 0.819. The molecular weight excluding hydrogens is 503 g/mol. The van der Waals surface area contributed by atoms with Gasteiger partial charge in [-0.05, 0) is 49.7 Å². The van der Waals surface area contributed by atoms with Crippen LogP contribution >= 0.6 is 0 Å². The molecule has 204 valence electrons. The average molecular weight is 541 g/mol. The van der Waals surface area contributed by atoms with Crippen LogP contribution < -0.4 is 9.64 Å². The van der Waals surface area contributed by atoms with Crippen LogP contribution in [0.5, 0.6) is 5.75 Å². The lowest BCUT2D eigenvalue weighted by atomic mass is 9.82. The minimum atomic E-state index is -3.39. The van der Waals surface area contributed by atoms with E-state index in [0.29, 0.717) is 24.4 Å². The highest BCUT2D eigenvalue weighted by atomic mass is 28.4. The van der Waals surface area contributed by atoms with Gasteiger partial charge < -0.3 is 28.5 Å². The molecule has 0 saturated carbocycles. The third-order valence-corrected chi connectivity index (χ3v) is 11.1. The lowest BCUT2D eigenvalue weighted by Crippen LogP contribution is -2.45. The van der Waals surface area contributed by atoms with Crippen molar-refractivity contribution < 1.29 is 28.3 Å². The largest absolute Gasteiger partial charge is 0.497 e. The van der Waals surface area contributed by atoms with E-state index < -0.39 is 31.6 Å². The maximum atomic E-state index is 16.0. The van der Waals surface area contributed by atoms with E-state index in [2.05, 4.69) is 0 Å². The number of methoxy groups -OCH3 is 1. The Hall–Kier alpha value is -2.75. The number of likely N-dealkylation sites (tertiary alicyclic amines) is 1. The van der Waals surface area contributed by atoms with Crippen molar-refractivity contribution in [3.63, 3.8) is 0 Å². The summed E-state index contributed by atoms with van der Waals surface area (Å²) >= 11 is 0. The first-order chi connectivity index (χ1) is 18.1. The molecular formula is C29H37FN2O5Si. The lowest BCUT2D eigenvalue weighted by Gasteiger charge is -2.31. The standard InChI is InChI=1S/C29H37FN2O5Si/c1-19-27(38(3,4)30)25(16-26(34)31-14-8-11-21(31)18-33)37-29(19)23-15-22(36-2)12-13-24(23)32(28(29)35)17-20-9-6-5-7-10-20/h5-7,9-10,12-13,15,19,21,25,27,33H,8,11,14,16-18H2,1-4H3/t19-,21+,25+,27-,29+/m1/s1. The lowest BCUT2D eigenvalue weighted by molar-refractivity contribution is -0.150. The second-order valence-corrected chi connectivity index (χ2v) is 15.1. The SMILES string of the molecule is COc1ccc2c(c1)[C@]1(O[C@@H](CC(=O)N3CCC[C@H]3CO)[C@H]([Si](C)(C)F)[C@H]1C)C(=O)N2Cc1ccccc1. The molecule has 2 amide bonds. The summed E-state index contributed by atoms with van der Waals surface area (Å²) in [4.78, 5) is 31.2.